The molecule has 0 saturated carbocycles. The zero-order chi connectivity index (χ0) is 15.4. The molecule has 5 nitrogen and oxygen atoms in total. The molecule has 1 aromatic rings. The average molecular weight is 293 g/mol. The van der Waals surface area contributed by atoms with Crippen LogP contribution in [0.1, 0.15) is 18.5 Å². The fraction of sp³-hybridized carbons (Fsp3) is 0.625. The standard InChI is InChI=1S/C16H27N3O2/c1-12-10-19(8-7-17-12)14(11-18(2)3)13-5-6-15(20)16(9-13)21-4/h5-6,9,12,14,17,20H,7-8,10-11H2,1-4H3. The summed E-state index contributed by atoms with van der Waals surface area (Å²) in [6.45, 7) is 6.24. The zero-order valence-corrected chi connectivity index (χ0v) is 13.5. The maximum atomic E-state index is 9.79. The number of phenolic OH excluding ortho intramolecular Hbond substituents is 1. The molecule has 1 heterocycles. The molecular weight excluding hydrogens is 266 g/mol. The molecule has 1 saturated heterocycles. The molecule has 0 bridgehead atoms. The van der Waals surface area contributed by atoms with E-state index in [1.165, 1.54) is 5.56 Å². The van der Waals surface area contributed by atoms with Crippen molar-refractivity contribution >= 4 is 0 Å². The molecule has 2 N–H and O–H groups in total. The van der Waals surface area contributed by atoms with Crippen LogP contribution in [0.4, 0.5) is 0 Å². The van der Waals surface area contributed by atoms with Gasteiger partial charge in [-0.25, -0.2) is 0 Å². The maximum Gasteiger partial charge on any atom is 0.160 e. The highest BCUT2D eigenvalue weighted by Crippen LogP contribution is 2.31. The Morgan fingerprint density at radius 2 is 2.24 bits per heavy atom. The van der Waals surface area contributed by atoms with E-state index in [2.05, 4.69) is 36.1 Å². The van der Waals surface area contributed by atoms with Crippen molar-refractivity contribution in [2.45, 2.75) is 19.0 Å². The molecule has 0 spiro atoms. The van der Waals surface area contributed by atoms with Crippen molar-refractivity contribution in [1.29, 1.82) is 0 Å². The molecule has 1 fully saturated rings. The number of benzene rings is 1. The van der Waals surface area contributed by atoms with E-state index >= 15 is 0 Å². The lowest BCUT2D eigenvalue weighted by atomic mass is 10.0. The van der Waals surface area contributed by atoms with Gasteiger partial charge >= 0.3 is 0 Å². The molecule has 5 heteroatoms. The Balaban J connectivity index is 2.26. The summed E-state index contributed by atoms with van der Waals surface area (Å²) in [7, 11) is 5.78. The summed E-state index contributed by atoms with van der Waals surface area (Å²) in [5.41, 5.74) is 1.19. The van der Waals surface area contributed by atoms with Crippen LogP contribution in [-0.2, 0) is 0 Å². The van der Waals surface area contributed by atoms with Gasteiger partial charge in [0.1, 0.15) is 0 Å². The first kappa shape index (κ1) is 16.1. The van der Waals surface area contributed by atoms with Crippen molar-refractivity contribution in [2.24, 2.45) is 0 Å². The summed E-state index contributed by atoms with van der Waals surface area (Å²) in [4.78, 5) is 4.71. The highest BCUT2D eigenvalue weighted by atomic mass is 16.5. The Kier molecular flexibility index (Phi) is 5.45. The monoisotopic (exact) mass is 293 g/mol. The van der Waals surface area contributed by atoms with Gasteiger partial charge < -0.3 is 20.1 Å². The fourth-order valence-electron chi connectivity index (χ4n) is 2.92. The quantitative estimate of drug-likeness (QED) is 0.857. The van der Waals surface area contributed by atoms with Crippen LogP contribution in [0.3, 0.4) is 0 Å². The first-order chi connectivity index (χ1) is 10.0. The highest BCUT2D eigenvalue weighted by Gasteiger charge is 2.26. The summed E-state index contributed by atoms with van der Waals surface area (Å²) >= 11 is 0. The van der Waals surface area contributed by atoms with Crippen molar-refractivity contribution < 1.29 is 9.84 Å². The predicted octanol–water partition coefficient (Wildman–Crippen LogP) is 1.30. The number of ether oxygens (including phenoxy) is 1. The Morgan fingerprint density at radius 3 is 2.86 bits per heavy atom. The first-order valence-electron chi connectivity index (χ1n) is 7.50. The molecule has 0 aromatic heterocycles. The normalized spacial score (nSPS) is 21.5. The fourth-order valence-corrected chi connectivity index (χ4v) is 2.92. The van der Waals surface area contributed by atoms with E-state index in [1.807, 2.05) is 12.1 Å². The van der Waals surface area contributed by atoms with Gasteiger partial charge in [-0.15, -0.1) is 0 Å². The number of nitrogens with zero attached hydrogens (tertiary/aromatic N) is 2. The van der Waals surface area contributed by atoms with Gasteiger partial charge in [0.15, 0.2) is 11.5 Å². The molecule has 1 aliphatic rings. The average Bonchev–Trinajstić information content (AvgIpc) is 2.45. The summed E-state index contributed by atoms with van der Waals surface area (Å²) in [5, 5.41) is 13.3. The highest BCUT2D eigenvalue weighted by molar-refractivity contribution is 5.42. The number of hydrogen-bond donors (Lipinski definition) is 2. The number of rotatable bonds is 5. The molecular formula is C16H27N3O2. The van der Waals surface area contributed by atoms with Crippen LogP contribution in [-0.4, -0.2) is 68.3 Å². The molecule has 0 amide bonds. The van der Waals surface area contributed by atoms with Gasteiger partial charge in [-0.2, -0.15) is 0 Å². The molecule has 2 unspecified atom stereocenters. The summed E-state index contributed by atoms with van der Waals surface area (Å²) in [6.07, 6.45) is 0. The van der Waals surface area contributed by atoms with E-state index in [-0.39, 0.29) is 5.75 Å². The summed E-state index contributed by atoms with van der Waals surface area (Å²) in [6, 6.07) is 6.48. The van der Waals surface area contributed by atoms with Crippen molar-refractivity contribution in [1.82, 2.24) is 15.1 Å². The molecule has 118 valence electrons. The Hall–Kier alpha value is -1.30. The number of methoxy groups -OCH3 is 1. The number of piperazine rings is 1. The second-order valence-corrected chi connectivity index (χ2v) is 6.06. The van der Waals surface area contributed by atoms with Crippen molar-refractivity contribution in [3.63, 3.8) is 0 Å². The lowest BCUT2D eigenvalue weighted by Crippen LogP contribution is -2.51. The van der Waals surface area contributed by atoms with Crippen LogP contribution in [0.5, 0.6) is 11.5 Å². The number of phenols is 1. The molecule has 0 aliphatic carbocycles. The Bertz CT molecular complexity index is 465. The Labute approximate surface area is 127 Å². The minimum absolute atomic E-state index is 0.193. The van der Waals surface area contributed by atoms with Gasteiger partial charge in [0.05, 0.1) is 7.11 Å². The number of aromatic hydroxyl groups is 1. The van der Waals surface area contributed by atoms with Crippen LogP contribution in [0.15, 0.2) is 18.2 Å². The minimum atomic E-state index is 0.193. The second-order valence-electron chi connectivity index (χ2n) is 6.06. The van der Waals surface area contributed by atoms with Crippen LogP contribution < -0.4 is 10.1 Å². The topological polar surface area (TPSA) is 48.0 Å². The summed E-state index contributed by atoms with van der Waals surface area (Å²) < 4.78 is 5.25. The maximum absolute atomic E-state index is 9.79. The zero-order valence-electron chi connectivity index (χ0n) is 13.5. The SMILES string of the molecule is COc1cc(C(CN(C)C)N2CCNC(C)C2)ccc1O. The van der Waals surface area contributed by atoms with Gasteiger partial charge in [-0.3, -0.25) is 4.90 Å². The molecule has 21 heavy (non-hydrogen) atoms. The van der Waals surface area contributed by atoms with Crippen LogP contribution in [0.25, 0.3) is 0 Å². The van der Waals surface area contributed by atoms with Gasteiger partial charge in [0.2, 0.25) is 0 Å². The molecule has 1 aromatic carbocycles. The van der Waals surface area contributed by atoms with Gasteiger partial charge in [0.25, 0.3) is 0 Å². The van der Waals surface area contributed by atoms with Crippen LogP contribution >= 0.6 is 0 Å². The molecule has 1 aliphatic heterocycles. The minimum Gasteiger partial charge on any atom is -0.504 e. The third-order valence-electron chi connectivity index (χ3n) is 3.97. The third kappa shape index (κ3) is 4.09. The number of hydrogen-bond acceptors (Lipinski definition) is 5. The van der Waals surface area contributed by atoms with Crippen LogP contribution in [0.2, 0.25) is 0 Å². The van der Waals surface area contributed by atoms with Crippen LogP contribution in [0, 0.1) is 0 Å². The van der Waals surface area contributed by atoms with Gasteiger partial charge in [-0.05, 0) is 38.7 Å². The van der Waals surface area contributed by atoms with E-state index in [9.17, 15) is 5.11 Å². The van der Waals surface area contributed by atoms with Crippen molar-refractivity contribution in [3.05, 3.63) is 23.8 Å². The largest absolute Gasteiger partial charge is 0.504 e. The van der Waals surface area contributed by atoms with E-state index in [0.717, 1.165) is 26.2 Å². The Morgan fingerprint density at radius 1 is 1.48 bits per heavy atom. The number of nitrogens with one attached hydrogen (secondary N) is 1. The van der Waals surface area contributed by atoms with Crippen molar-refractivity contribution in [3.8, 4) is 11.5 Å². The predicted molar refractivity (Wildman–Crippen MR) is 85.0 cm³/mol. The van der Waals surface area contributed by atoms with E-state index in [0.29, 0.717) is 17.8 Å². The van der Waals surface area contributed by atoms with E-state index in [4.69, 9.17) is 4.74 Å². The molecule has 2 atom stereocenters. The number of likely N-dealkylation sites (N-methyl/N-ethyl adjacent to an activating group) is 1. The third-order valence-corrected chi connectivity index (χ3v) is 3.97. The lowest BCUT2D eigenvalue weighted by molar-refractivity contribution is 0.125. The van der Waals surface area contributed by atoms with Gasteiger partial charge in [0, 0.05) is 38.3 Å². The smallest absolute Gasteiger partial charge is 0.160 e. The molecule has 0 radical (unpaired) electrons. The van der Waals surface area contributed by atoms with E-state index in [1.54, 1.807) is 13.2 Å². The lowest BCUT2D eigenvalue weighted by Gasteiger charge is -2.39. The summed E-state index contributed by atoms with van der Waals surface area (Å²) in [5.74, 6) is 0.734. The van der Waals surface area contributed by atoms with Crippen molar-refractivity contribution in [2.75, 3.05) is 47.4 Å². The first-order valence-corrected chi connectivity index (χ1v) is 7.50. The van der Waals surface area contributed by atoms with Gasteiger partial charge in [-0.1, -0.05) is 6.07 Å². The molecule has 2 rings (SSSR count). The second kappa shape index (κ2) is 7.11. The van der Waals surface area contributed by atoms with E-state index < -0.39 is 0 Å².